The molecule has 10 rings (SSSR count). The molecule has 278 valence electrons. The first-order chi connectivity index (χ1) is 29.1. The minimum absolute atomic E-state index is 0.631. The number of aromatic nitrogens is 5. The molecule has 8 aromatic carbocycles. The molecule has 2 aromatic heterocycles. The highest BCUT2D eigenvalue weighted by Crippen LogP contribution is 2.39. The first kappa shape index (κ1) is 35.5. The van der Waals surface area contributed by atoms with Crippen LogP contribution in [0.5, 0.6) is 0 Å². The number of benzene rings is 8. The molecule has 0 aliphatic rings. The van der Waals surface area contributed by atoms with E-state index in [-0.39, 0.29) is 0 Å². The molecular weight excluding hydrogens is 719 g/mol. The fraction of sp³-hybridized carbons (Fsp3) is 0.0185. The van der Waals surface area contributed by atoms with Gasteiger partial charge in [0.1, 0.15) is 0 Å². The average Bonchev–Trinajstić information content (AvgIpc) is 3.32. The second-order valence-electron chi connectivity index (χ2n) is 14.6. The highest BCUT2D eigenvalue weighted by molar-refractivity contribution is 5.94. The molecule has 0 N–H and O–H groups in total. The Morgan fingerprint density at radius 3 is 1.10 bits per heavy atom. The minimum Gasteiger partial charge on any atom is -0.228 e. The van der Waals surface area contributed by atoms with E-state index in [4.69, 9.17) is 24.9 Å². The number of hydrogen-bond acceptors (Lipinski definition) is 5. The van der Waals surface area contributed by atoms with Crippen LogP contribution in [0.4, 0.5) is 0 Å². The molecule has 0 atom stereocenters. The van der Waals surface area contributed by atoms with E-state index >= 15 is 0 Å². The first-order valence-corrected chi connectivity index (χ1v) is 19.8. The van der Waals surface area contributed by atoms with Crippen LogP contribution in [0.1, 0.15) is 5.56 Å². The van der Waals surface area contributed by atoms with Crippen LogP contribution >= 0.6 is 0 Å². The van der Waals surface area contributed by atoms with E-state index in [1.54, 1.807) is 0 Å². The van der Waals surface area contributed by atoms with Gasteiger partial charge in [-0.15, -0.1) is 0 Å². The lowest BCUT2D eigenvalue weighted by Gasteiger charge is -2.15. The molecule has 0 amide bonds. The predicted octanol–water partition coefficient (Wildman–Crippen LogP) is 13.5. The lowest BCUT2D eigenvalue weighted by molar-refractivity contribution is 1.07. The fourth-order valence-electron chi connectivity index (χ4n) is 7.61. The lowest BCUT2D eigenvalue weighted by atomic mass is 9.89. The average molecular weight is 756 g/mol. The number of hydrogen-bond donors (Lipinski definition) is 0. The molecule has 10 aromatic rings. The normalized spacial score (nSPS) is 11.1. The summed E-state index contributed by atoms with van der Waals surface area (Å²) in [6.07, 6.45) is 0. The topological polar surface area (TPSA) is 64.5 Å². The summed E-state index contributed by atoms with van der Waals surface area (Å²) in [5, 5.41) is 1.04. The Balaban J connectivity index is 0.986. The second-order valence-corrected chi connectivity index (χ2v) is 14.6. The Kier molecular flexibility index (Phi) is 9.37. The predicted molar refractivity (Wildman–Crippen MR) is 241 cm³/mol. The molecule has 0 aliphatic carbocycles. The minimum atomic E-state index is 0.631. The SMILES string of the molecule is Cc1ccc(-c2nc(-c3ccc(-c4ccccc4-c4ccccc4-c4ccc(-c5nc(-c6ccccc6)nc(-c6ccccc6)n5)cc4)cc3)nc3ccccc23)cc1. The van der Waals surface area contributed by atoms with Crippen molar-refractivity contribution in [2.75, 3.05) is 0 Å². The van der Waals surface area contributed by atoms with Gasteiger partial charge in [-0.05, 0) is 46.4 Å². The van der Waals surface area contributed by atoms with Gasteiger partial charge in [-0.3, -0.25) is 0 Å². The molecule has 0 fully saturated rings. The quantitative estimate of drug-likeness (QED) is 0.154. The maximum Gasteiger partial charge on any atom is 0.164 e. The van der Waals surface area contributed by atoms with Crippen molar-refractivity contribution in [2.24, 2.45) is 0 Å². The third-order valence-corrected chi connectivity index (χ3v) is 10.7. The van der Waals surface area contributed by atoms with Crippen molar-refractivity contribution < 1.29 is 0 Å². The Bertz CT molecular complexity index is 3010. The van der Waals surface area contributed by atoms with Crippen molar-refractivity contribution in [2.45, 2.75) is 6.92 Å². The highest BCUT2D eigenvalue weighted by Gasteiger charge is 2.16. The Labute approximate surface area is 343 Å². The smallest absolute Gasteiger partial charge is 0.164 e. The largest absolute Gasteiger partial charge is 0.228 e. The third kappa shape index (κ3) is 7.18. The molecule has 0 saturated heterocycles. The van der Waals surface area contributed by atoms with Crippen molar-refractivity contribution in [1.82, 2.24) is 24.9 Å². The molecule has 0 aliphatic heterocycles. The summed E-state index contributed by atoms with van der Waals surface area (Å²) in [5.41, 5.74) is 14.8. The summed E-state index contributed by atoms with van der Waals surface area (Å²) in [5.74, 6) is 2.63. The Hall–Kier alpha value is -7.89. The number of rotatable bonds is 8. The van der Waals surface area contributed by atoms with E-state index in [1.165, 1.54) is 5.56 Å². The van der Waals surface area contributed by atoms with Crippen LogP contribution in [0.15, 0.2) is 206 Å². The van der Waals surface area contributed by atoms with Crippen LogP contribution in [0.2, 0.25) is 0 Å². The van der Waals surface area contributed by atoms with Gasteiger partial charge in [-0.25, -0.2) is 24.9 Å². The molecule has 0 spiro atoms. The van der Waals surface area contributed by atoms with Gasteiger partial charge in [0.25, 0.3) is 0 Å². The lowest BCUT2D eigenvalue weighted by Crippen LogP contribution is -2.00. The number of aryl methyl sites for hydroxylation is 1. The monoisotopic (exact) mass is 755 g/mol. The van der Waals surface area contributed by atoms with Crippen LogP contribution in [-0.2, 0) is 0 Å². The summed E-state index contributed by atoms with van der Waals surface area (Å²) < 4.78 is 0. The number of nitrogens with zero attached hydrogens (tertiary/aromatic N) is 5. The van der Waals surface area contributed by atoms with E-state index in [1.807, 2.05) is 72.8 Å². The fourth-order valence-corrected chi connectivity index (χ4v) is 7.61. The first-order valence-electron chi connectivity index (χ1n) is 19.8. The zero-order valence-electron chi connectivity index (χ0n) is 32.4. The standard InChI is InChI=1S/C54H37N5/c1-36-24-26-39(27-25-36)50-48-22-12-13-23-49(48)55-51(56-50)42-32-28-37(29-33-42)44-18-8-10-20-46(44)47-21-11-9-19-45(47)38-30-34-43(35-31-38)54-58-52(40-14-4-2-5-15-40)57-53(59-54)41-16-6-3-7-17-41/h2-35H,1H3. The van der Waals surface area contributed by atoms with Crippen LogP contribution < -0.4 is 0 Å². The number of para-hydroxylation sites is 1. The van der Waals surface area contributed by atoms with Crippen molar-refractivity contribution in [3.8, 4) is 90.2 Å². The summed E-state index contributed by atoms with van der Waals surface area (Å²) >= 11 is 0. The van der Waals surface area contributed by atoms with Gasteiger partial charge in [-0.2, -0.15) is 0 Å². The molecule has 2 heterocycles. The van der Waals surface area contributed by atoms with Gasteiger partial charge < -0.3 is 0 Å². The maximum atomic E-state index is 5.12. The molecule has 5 heteroatoms. The second kappa shape index (κ2) is 15.6. The van der Waals surface area contributed by atoms with Crippen LogP contribution in [0.3, 0.4) is 0 Å². The molecule has 59 heavy (non-hydrogen) atoms. The molecule has 0 unspecified atom stereocenters. The van der Waals surface area contributed by atoms with Gasteiger partial charge in [0.15, 0.2) is 23.3 Å². The Morgan fingerprint density at radius 1 is 0.254 bits per heavy atom. The van der Waals surface area contributed by atoms with Gasteiger partial charge in [0.05, 0.1) is 11.2 Å². The van der Waals surface area contributed by atoms with E-state index < -0.39 is 0 Å². The molecule has 5 nitrogen and oxygen atoms in total. The van der Waals surface area contributed by atoms with E-state index in [0.29, 0.717) is 23.3 Å². The summed E-state index contributed by atoms with van der Waals surface area (Å²) in [7, 11) is 0. The Morgan fingerprint density at radius 2 is 0.610 bits per heavy atom. The summed E-state index contributed by atoms with van der Waals surface area (Å²) in [6.45, 7) is 2.10. The van der Waals surface area contributed by atoms with E-state index in [0.717, 1.165) is 77.8 Å². The van der Waals surface area contributed by atoms with Crippen molar-refractivity contribution >= 4 is 10.9 Å². The van der Waals surface area contributed by atoms with Crippen LogP contribution in [0, 0.1) is 6.92 Å². The zero-order valence-corrected chi connectivity index (χ0v) is 32.4. The maximum absolute atomic E-state index is 5.12. The summed E-state index contributed by atoms with van der Waals surface area (Å²) in [6, 6.07) is 71.3. The summed E-state index contributed by atoms with van der Waals surface area (Å²) in [4.78, 5) is 24.9. The van der Waals surface area contributed by atoms with Gasteiger partial charge in [0, 0.05) is 33.2 Å². The molecule has 0 radical (unpaired) electrons. The molecule has 0 bridgehead atoms. The molecule has 0 saturated carbocycles. The molecular formula is C54H37N5. The third-order valence-electron chi connectivity index (χ3n) is 10.7. The van der Waals surface area contributed by atoms with Crippen molar-refractivity contribution in [3.63, 3.8) is 0 Å². The van der Waals surface area contributed by atoms with Crippen molar-refractivity contribution in [1.29, 1.82) is 0 Å². The number of fused-ring (bicyclic) bond motifs is 1. The van der Waals surface area contributed by atoms with Gasteiger partial charge >= 0.3 is 0 Å². The van der Waals surface area contributed by atoms with Gasteiger partial charge in [0.2, 0.25) is 0 Å². The van der Waals surface area contributed by atoms with Gasteiger partial charge in [-0.1, -0.05) is 206 Å². The van der Waals surface area contributed by atoms with E-state index in [9.17, 15) is 0 Å². The van der Waals surface area contributed by atoms with Crippen molar-refractivity contribution in [3.05, 3.63) is 212 Å². The van der Waals surface area contributed by atoms with E-state index in [2.05, 4.69) is 140 Å². The highest BCUT2D eigenvalue weighted by atomic mass is 15.0. The van der Waals surface area contributed by atoms with Crippen LogP contribution in [0.25, 0.3) is 101 Å². The van der Waals surface area contributed by atoms with Crippen LogP contribution in [-0.4, -0.2) is 24.9 Å². The zero-order chi connectivity index (χ0) is 39.5.